The Balaban J connectivity index is 2.16. The highest BCUT2D eigenvalue weighted by Gasteiger charge is 2.25. The molecule has 1 saturated heterocycles. The molecule has 10 nitrogen and oxygen atoms in total. The molecule has 0 aliphatic carbocycles. The second kappa shape index (κ2) is 11.2. The fraction of sp³-hybridized carbons (Fsp3) is 0.278. The number of amidine groups is 1. The fourth-order valence-corrected chi connectivity index (χ4v) is 2.95. The molecular weight excluding hydrogens is 438 g/mol. The van der Waals surface area contributed by atoms with Gasteiger partial charge >= 0.3 is 11.9 Å². The van der Waals surface area contributed by atoms with Gasteiger partial charge in [-0.3, -0.25) is 10.1 Å². The van der Waals surface area contributed by atoms with Gasteiger partial charge in [0.05, 0.1) is 37.0 Å². The lowest BCUT2D eigenvalue weighted by Crippen LogP contribution is -2.19. The molecule has 0 unspecified atom stereocenters. The molecule has 1 amide bonds. The highest BCUT2D eigenvalue weighted by molar-refractivity contribution is 8.18. The van der Waals surface area contributed by atoms with E-state index in [0.29, 0.717) is 17.9 Å². The van der Waals surface area contributed by atoms with Crippen LogP contribution in [0, 0.1) is 0 Å². The van der Waals surface area contributed by atoms with Crippen LogP contribution in [-0.4, -0.2) is 56.7 Å². The van der Waals surface area contributed by atoms with Gasteiger partial charge in [0.25, 0.3) is 5.91 Å². The Hall–Kier alpha value is -3.05. The van der Waals surface area contributed by atoms with Crippen LogP contribution in [0.3, 0.4) is 0 Å². The van der Waals surface area contributed by atoms with E-state index in [9.17, 15) is 14.4 Å². The Kier molecular flexibility index (Phi) is 8.69. The van der Waals surface area contributed by atoms with Crippen LogP contribution in [0.25, 0.3) is 0 Å². The number of nitrogens with zero attached hydrogens (tertiary/aromatic N) is 2. The summed E-state index contributed by atoms with van der Waals surface area (Å²) in [4.78, 5) is 34.4. The molecule has 0 saturated carbocycles. The number of carbonyl (C=O) groups excluding carboxylic acids is 3. The molecular formula is C18H18ClN3O7S. The predicted octanol–water partition coefficient (Wildman–Crippen LogP) is 1.90. The molecule has 0 atom stereocenters. The number of amides is 1. The molecule has 0 bridgehead atoms. The Bertz CT molecular complexity index is 931. The highest BCUT2D eigenvalue weighted by Crippen LogP contribution is 2.33. The quantitative estimate of drug-likeness (QED) is 0.273. The van der Waals surface area contributed by atoms with E-state index >= 15 is 0 Å². The third-order valence-electron chi connectivity index (χ3n) is 3.38. The summed E-state index contributed by atoms with van der Waals surface area (Å²) in [6.07, 6.45) is 2.42. The van der Waals surface area contributed by atoms with Crippen molar-refractivity contribution in [3.8, 4) is 11.5 Å². The second-order valence-electron chi connectivity index (χ2n) is 5.36. The molecule has 1 N–H and O–H groups in total. The van der Waals surface area contributed by atoms with Gasteiger partial charge in [0.2, 0.25) is 0 Å². The van der Waals surface area contributed by atoms with Crippen LogP contribution in [0.2, 0.25) is 5.02 Å². The minimum atomic E-state index is -0.651. The average Bonchev–Trinajstić information content (AvgIpc) is 3.07. The largest absolute Gasteiger partial charge is 0.490 e. The smallest absolute Gasteiger partial charge is 0.343 e. The van der Waals surface area contributed by atoms with Crippen LogP contribution in [0.1, 0.15) is 12.5 Å². The molecule has 0 radical (unpaired) electrons. The van der Waals surface area contributed by atoms with Crippen molar-refractivity contribution in [3.05, 3.63) is 33.7 Å². The predicted molar refractivity (Wildman–Crippen MR) is 111 cm³/mol. The molecule has 30 heavy (non-hydrogen) atoms. The molecule has 1 heterocycles. The molecule has 12 heteroatoms. The number of carbonyl (C=O) groups is 3. The zero-order valence-electron chi connectivity index (χ0n) is 16.3. The first-order chi connectivity index (χ1) is 14.4. The van der Waals surface area contributed by atoms with Gasteiger partial charge < -0.3 is 18.9 Å². The summed E-state index contributed by atoms with van der Waals surface area (Å²) in [5.74, 6) is -1.06. The second-order valence-corrected chi connectivity index (χ2v) is 6.79. The van der Waals surface area contributed by atoms with Gasteiger partial charge in [-0.05, 0) is 24.8 Å². The van der Waals surface area contributed by atoms with E-state index in [2.05, 4.69) is 25.0 Å². The van der Waals surface area contributed by atoms with Gasteiger partial charge in [0.15, 0.2) is 23.3 Å². The zero-order valence-corrected chi connectivity index (χ0v) is 17.8. The van der Waals surface area contributed by atoms with Crippen LogP contribution in [-0.2, 0) is 23.9 Å². The van der Waals surface area contributed by atoms with Crippen molar-refractivity contribution in [2.75, 3.05) is 27.4 Å². The summed E-state index contributed by atoms with van der Waals surface area (Å²) in [6, 6.07) is 3.05. The van der Waals surface area contributed by atoms with Crippen molar-refractivity contribution >= 4 is 52.6 Å². The van der Waals surface area contributed by atoms with E-state index in [-0.39, 0.29) is 27.5 Å². The van der Waals surface area contributed by atoms with Crippen LogP contribution in [0.5, 0.6) is 11.5 Å². The van der Waals surface area contributed by atoms with Crippen LogP contribution < -0.4 is 14.8 Å². The molecule has 1 aromatic rings. The summed E-state index contributed by atoms with van der Waals surface area (Å²) in [6.45, 7) is 1.84. The van der Waals surface area contributed by atoms with E-state index in [4.69, 9.17) is 21.1 Å². The fourth-order valence-electron chi connectivity index (χ4n) is 2.01. The van der Waals surface area contributed by atoms with E-state index in [1.807, 2.05) is 0 Å². The summed E-state index contributed by atoms with van der Waals surface area (Å²) in [5.41, 5.74) is 0.467. The van der Waals surface area contributed by atoms with Crippen LogP contribution in [0.4, 0.5) is 0 Å². The van der Waals surface area contributed by atoms with Crippen molar-refractivity contribution in [1.29, 1.82) is 0 Å². The number of rotatable bonds is 8. The maximum Gasteiger partial charge on any atom is 0.343 e. The molecule has 2 rings (SSSR count). The summed E-state index contributed by atoms with van der Waals surface area (Å²) in [7, 11) is 2.46. The Labute approximate surface area is 181 Å². The van der Waals surface area contributed by atoms with Gasteiger partial charge in [0, 0.05) is 17.7 Å². The molecule has 1 aromatic carbocycles. The van der Waals surface area contributed by atoms with Crippen LogP contribution >= 0.6 is 23.4 Å². The van der Waals surface area contributed by atoms with Crippen molar-refractivity contribution in [1.82, 2.24) is 5.32 Å². The number of benzene rings is 1. The number of methoxy groups -OCH3 is 2. The van der Waals surface area contributed by atoms with Gasteiger partial charge in [-0.2, -0.15) is 5.10 Å². The highest BCUT2D eigenvalue weighted by atomic mass is 35.5. The number of esters is 2. The normalized spacial score (nSPS) is 16.1. The first kappa shape index (κ1) is 23.2. The Morgan fingerprint density at radius 2 is 1.93 bits per heavy atom. The molecule has 1 fully saturated rings. The minimum absolute atomic E-state index is 0.138. The standard InChI is InChI=1S/C18H18ClN3O7S/c1-4-28-12-5-10(11(19)6-13(12)29-9-16(24)27-3)8-20-22-18-21-17(25)14(30-18)7-15(23)26-2/h5-8H,4,9H2,1-3H3,(H,21,22,25)/b14-7+,20-8?. The summed E-state index contributed by atoms with van der Waals surface area (Å²) in [5, 5.41) is 10.7. The van der Waals surface area contributed by atoms with E-state index in [0.717, 1.165) is 17.8 Å². The monoisotopic (exact) mass is 455 g/mol. The molecule has 0 aromatic heterocycles. The van der Waals surface area contributed by atoms with Gasteiger partial charge in [-0.25, -0.2) is 9.59 Å². The maximum atomic E-state index is 11.8. The topological polar surface area (TPSA) is 125 Å². The first-order valence-electron chi connectivity index (χ1n) is 8.43. The van der Waals surface area contributed by atoms with E-state index in [1.165, 1.54) is 26.5 Å². The number of nitrogens with one attached hydrogen (secondary N) is 1. The zero-order chi connectivity index (χ0) is 22.1. The number of thioether (sulfide) groups is 1. The lowest BCUT2D eigenvalue weighted by molar-refractivity contribution is -0.143. The number of halogens is 1. The molecule has 0 spiro atoms. The molecule has 1 aliphatic rings. The summed E-state index contributed by atoms with van der Waals surface area (Å²) < 4.78 is 19.9. The van der Waals surface area contributed by atoms with Crippen molar-refractivity contribution < 1.29 is 33.3 Å². The Morgan fingerprint density at radius 3 is 2.60 bits per heavy atom. The van der Waals surface area contributed by atoms with E-state index < -0.39 is 17.8 Å². The maximum absolute atomic E-state index is 11.8. The van der Waals surface area contributed by atoms with Gasteiger partial charge in [-0.15, -0.1) is 5.10 Å². The number of hydrogen-bond acceptors (Lipinski definition) is 10. The average molecular weight is 456 g/mol. The van der Waals surface area contributed by atoms with Crippen LogP contribution in [0.15, 0.2) is 33.3 Å². The molecule has 160 valence electrons. The lowest BCUT2D eigenvalue weighted by atomic mass is 10.2. The number of ether oxygens (including phenoxy) is 4. The van der Waals surface area contributed by atoms with E-state index in [1.54, 1.807) is 13.0 Å². The Morgan fingerprint density at radius 1 is 1.20 bits per heavy atom. The lowest BCUT2D eigenvalue weighted by Gasteiger charge is -2.12. The van der Waals surface area contributed by atoms with Gasteiger partial charge in [0.1, 0.15) is 0 Å². The SMILES string of the molecule is CCOc1cc(C=N/N=C2/NC(=O)/C(=C\C(=O)OC)S2)c(Cl)cc1OCC(=O)OC. The first-order valence-corrected chi connectivity index (χ1v) is 9.63. The summed E-state index contributed by atoms with van der Waals surface area (Å²) >= 11 is 7.18. The van der Waals surface area contributed by atoms with Gasteiger partial charge in [-0.1, -0.05) is 11.6 Å². The minimum Gasteiger partial charge on any atom is -0.490 e. The number of hydrogen-bond donors (Lipinski definition) is 1. The molecule has 1 aliphatic heterocycles. The van der Waals surface area contributed by atoms with Crippen molar-refractivity contribution in [2.24, 2.45) is 10.2 Å². The third kappa shape index (κ3) is 6.49. The van der Waals surface area contributed by atoms with Crippen molar-refractivity contribution in [2.45, 2.75) is 6.92 Å². The van der Waals surface area contributed by atoms with Crippen molar-refractivity contribution in [3.63, 3.8) is 0 Å². The third-order valence-corrected chi connectivity index (χ3v) is 4.61.